The van der Waals surface area contributed by atoms with Crippen LogP contribution in [0.15, 0.2) is 61.2 Å². The van der Waals surface area contributed by atoms with Crippen LogP contribution in [-0.4, -0.2) is 73.2 Å². The average Bonchev–Trinajstić information content (AvgIpc) is 3.63. The molecule has 5 aromatic heterocycles. The summed E-state index contributed by atoms with van der Waals surface area (Å²) >= 11 is 0. The summed E-state index contributed by atoms with van der Waals surface area (Å²) in [6, 6.07) is 10.2. The van der Waals surface area contributed by atoms with Gasteiger partial charge in [-0.05, 0) is 56.4 Å². The summed E-state index contributed by atoms with van der Waals surface area (Å²) in [4.78, 5) is 35.9. The standard InChI is InChI=1S/C32H32FN9O2/c1-4-5-6-28(43)36-22-12-20(15-34-16-22)25-7-8-26-30(37-25)31(41-40-26)32-38-27-18-35-17-24(29(27)39-32)19-11-21(33)14-23(13-19)44-10-9-42(2)3/h7-8,11-18H,4-6,9-10H2,1-3H3,(H,36,43)(H,38,39)(H,40,41). The predicted octanol–water partition coefficient (Wildman–Crippen LogP) is 5.83. The SMILES string of the molecule is CCCCC(=O)Nc1cncc(-c2ccc3[nH]nc(-c4nc5c(-c6cc(F)cc(OCCN(C)C)c6)cncc5[nH]4)c3n2)c1. The molecule has 224 valence electrons. The highest BCUT2D eigenvalue weighted by Gasteiger charge is 2.18. The van der Waals surface area contributed by atoms with Crippen LogP contribution in [0.25, 0.3) is 56.0 Å². The van der Waals surface area contributed by atoms with E-state index in [1.807, 2.05) is 44.1 Å². The fraction of sp³-hybridized carbons (Fsp3) is 0.250. The van der Waals surface area contributed by atoms with Crippen LogP contribution in [-0.2, 0) is 4.79 Å². The number of unbranched alkanes of at least 4 members (excludes halogenated alkanes) is 1. The highest BCUT2D eigenvalue weighted by Crippen LogP contribution is 2.33. The Morgan fingerprint density at radius 2 is 1.84 bits per heavy atom. The van der Waals surface area contributed by atoms with Crippen molar-refractivity contribution in [3.8, 4) is 39.7 Å². The number of amides is 1. The van der Waals surface area contributed by atoms with Crippen LogP contribution >= 0.6 is 0 Å². The Hall–Kier alpha value is -5.23. The molecule has 0 aliphatic carbocycles. The molecule has 0 fully saturated rings. The number of fused-ring (bicyclic) bond motifs is 2. The number of halogens is 1. The van der Waals surface area contributed by atoms with Crippen LogP contribution in [0.3, 0.4) is 0 Å². The van der Waals surface area contributed by atoms with E-state index >= 15 is 0 Å². The molecule has 44 heavy (non-hydrogen) atoms. The first kappa shape index (κ1) is 28.9. The van der Waals surface area contributed by atoms with E-state index in [2.05, 4.69) is 30.5 Å². The Morgan fingerprint density at radius 3 is 2.68 bits per heavy atom. The van der Waals surface area contributed by atoms with Crippen molar-refractivity contribution < 1.29 is 13.9 Å². The normalized spacial score (nSPS) is 11.5. The molecule has 0 saturated carbocycles. The molecule has 6 rings (SSSR count). The smallest absolute Gasteiger partial charge is 0.224 e. The zero-order valence-electron chi connectivity index (χ0n) is 24.7. The number of imidazole rings is 1. The largest absolute Gasteiger partial charge is 0.492 e. The van der Waals surface area contributed by atoms with E-state index < -0.39 is 5.82 Å². The molecule has 0 bridgehead atoms. The molecule has 1 amide bonds. The minimum atomic E-state index is -0.413. The van der Waals surface area contributed by atoms with Crippen molar-refractivity contribution >= 4 is 33.7 Å². The van der Waals surface area contributed by atoms with E-state index in [0.29, 0.717) is 75.9 Å². The van der Waals surface area contributed by atoms with Crippen LogP contribution in [0.5, 0.6) is 5.75 Å². The fourth-order valence-electron chi connectivity index (χ4n) is 4.84. The zero-order valence-corrected chi connectivity index (χ0v) is 24.7. The molecular weight excluding hydrogens is 561 g/mol. The van der Waals surface area contributed by atoms with E-state index in [4.69, 9.17) is 14.7 Å². The number of H-pyrrole nitrogens is 2. The van der Waals surface area contributed by atoms with E-state index in [1.165, 1.54) is 12.1 Å². The molecule has 0 saturated heterocycles. The second-order valence-electron chi connectivity index (χ2n) is 10.8. The molecule has 0 aliphatic rings. The van der Waals surface area contributed by atoms with Crippen LogP contribution < -0.4 is 10.1 Å². The molecule has 1 aromatic carbocycles. The van der Waals surface area contributed by atoms with Crippen molar-refractivity contribution in [1.29, 1.82) is 0 Å². The highest BCUT2D eigenvalue weighted by atomic mass is 19.1. The number of hydrogen-bond donors (Lipinski definition) is 3. The Kier molecular flexibility index (Phi) is 8.24. The molecule has 0 unspecified atom stereocenters. The van der Waals surface area contributed by atoms with Gasteiger partial charge in [0.2, 0.25) is 5.91 Å². The number of benzene rings is 1. The van der Waals surface area contributed by atoms with E-state index in [9.17, 15) is 9.18 Å². The molecule has 5 heterocycles. The highest BCUT2D eigenvalue weighted by molar-refractivity contribution is 5.96. The molecular formula is C32H32FN9O2. The van der Waals surface area contributed by atoms with Gasteiger partial charge >= 0.3 is 0 Å². The molecule has 3 N–H and O–H groups in total. The summed E-state index contributed by atoms with van der Waals surface area (Å²) in [5.41, 5.74) is 6.41. The van der Waals surface area contributed by atoms with Gasteiger partial charge in [0.1, 0.15) is 23.7 Å². The average molecular weight is 594 g/mol. The van der Waals surface area contributed by atoms with Crippen molar-refractivity contribution in [1.82, 2.24) is 40.0 Å². The van der Waals surface area contributed by atoms with Gasteiger partial charge in [-0.15, -0.1) is 0 Å². The van der Waals surface area contributed by atoms with Gasteiger partial charge in [-0.2, -0.15) is 5.10 Å². The lowest BCUT2D eigenvalue weighted by atomic mass is 10.1. The third-order valence-corrected chi connectivity index (χ3v) is 7.09. The molecule has 11 nitrogen and oxygen atoms in total. The van der Waals surface area contributed by atoms with Gasteiger partial charge in [0.15, 0.2) is 11.5 Å². The summed E-state index contributed by atoms with van der Waals surface area (Å²) in [5, 5.41) is 10.4. The second-order valence-corrected chi connectivity index (χ2v) is 10.8. The van der Waals surface area contributed by atoms with Crippen LogP contribution in [0, 0.1) is 5.82 Å². The maximum Gasteiger partial charge on any atom is 0.224 e. The number of nitrogens with one attached hydrogen (secondary N) is 3. The van der Waals surface area contributed by atoms with Crippen LogP contribution in [0.1, 0.15) is 26.2 Å². The number of rotatable bonds is 11. The minimum absolute atomic E-state index is 0.0450. The van der Waals surface area contributed by atoms with Gasteiger partial charge in [0, 0.05) is 42.6 Å². The van der Waals surface area contributed by atoms with Crippen molar-refractivity contribution in [3.63, 3.8) is 0 Å². The number of anilines is 1. The van der Waals surface area contributed by atoms with Gasteiger partial charge in [0.25, 0.3) is 0 Å². The summed E-state index contributed by atoms with van der Waals surface area (Å²) < 4.78 is 20.4. The number of carbonyl (C=O) groups is 1. The monoisotopic (exact) mass is 593 g/mol. The first-order chi connectivity index (χ1) is 21.4. The van der Waals surface area contributed by atoms with E-state index in [-0.39, 0.29) is 5.91 Å². The number of likely N-dealkylation sites (N-methyl/N-ethyl adjacent to an activating group) is 1. The first-order valence-electron chi connectivity index (χ1n) is 14.4. The van der Waals surface area contributed by atoms with Gasteiger partial charge < -0.3 is 19.9 Å². The molecule has 12 heteroatoms. The molecule has 0 radical (unpaired) electrons. The van der Waals surface area contributed by atoms with Crippen molar-refractivity contribution in [2.24, 2.45) is 0 Å². The maximum absolute atomic E-state index is 14.6. The summed E-state index contributed by atoms with van der Waals surface area (Å²) in [6.07, 6.45) is 8.88. The quantitative estimate of drug-likeness (QED) is 0.171. The second kappa shape index (κ2) is 12.6. The third kappa shape index (κ3) is 6.25. The Morgan fingerprint density at radius 1 is 0.977 bits per heavy atom. The van der Waals surface area contributed by atoms with Crippen molar-refractivity contribution in [3.05, 3.63) is 67.0 Å². The van der Waals surface area contributed by atoms with Crippen molar-refractivity contribution in [2.75, 3.05) is 32.6 Å². The van der Waals surface area contributed by atoms with Gasteiger partial charge in [-0.3, -0.25) is 19.9 Å². The summed E-state index contributed by atoms with van der Waals surface area (Å²) in [7, 11) is 3.90. The lowest BCUT2D eigenvalue weighted by Crippen LogP contribution is -2.19. The topological polar surface area (TPSA) is 138 Å². The van der Waals surface area contributed by atoms with Gasteiger partial charge in [-0.1, -0.05) is 13.3 Å². The Bertz CT molecular complexity index is 1950. The Labute approximate surface area is 252 Å². The number of nitrogens with zero attached hydrogens (tertiary/aromatic N) is 6. The molecule has 0 aliphatic heterocycles. The summed E-state index contributed by atoms with van der Waals surface area (Å²) in [6.45, 7) is 3.18. The van der Waals surface area contributed by atoms with Gasteiger partial charge in [0.05, 0.1) is 40.3 Å². The Balaban J connectivity index is 1.33. The third-order valence-electron chi connectivity index (χ3n) is 7.09. The van der Waals surface area contributed by atoms with E-state index in [0.717, 1.165) is 23.9 Å². The van der Waals surface area contributed by atoms with E-state index in [1.54, 1.807) is 30.9 Å². The number of hydrogen-bond acceptors (Lipinski definition) is 8. The molecule has 6 aromatic rings. The molecule has 0 atom stereocenters. The number of aromatic amines is 2. The zero-order chi connectivity index (χ0) is 30.6. The van der Waals surface area contributed by atoms with Crippen molar-refractivity contribution in [2.45, 2.75) is 26.2 Å². The first-order valence-corrected chi connectivity index (χ1v) is 14.4. The van der Waals surface area contributed by atoms with Crippen LogP contribution in [0.2, 0.25) is 0 Å². The molecule has 0 spiro atoms. The maximum atomic E-state index is 14.6. The lowest BCUT2D eigenvalue weighted by Gasteiger charge is -2.12. The predicted molar refractivity (Wildman–Crippen MR) is 168 cm³/mol. The van der Waals surface area contributed by atoms with Gasteiger partial charge in [-0.25, -0.2) is 14.4 Å². The van der Waals surface area contributed by atoms with Crippen LogP contribution in [0.4, 0.5) is 10.1 Å². The summed E-state index contributed by atoms with van der Waals surface area (Å²) in [5.74, 6) is 0.461. The number of aromatic nitrogens is 7. The number of ether oxygens (including phenoxy) is 1. The lowest BCUT2D eigenvalue weighted by molar-refractivity contribution is -0.116. The number of carbonyl (C=O) groups excluding carboxylic acids is 1. The number of pyridine rings is 3. The minimum Gasteiger partial charge on any atom is -0.492 e. The fourth-order valence-corrected chi connectivity index (χ4v) is 4.84.